The summed E-state index contributed by atoms with van der Waals surface area (Å²) >= 11 is 0. The third-order valence-corrected chi connectivity index (χ3v) is 3.46. The van der Waals surface area contributed by atoms with Gasteiger partial charge in [-0.2, -0.15) is 0 Å². The molecule has 2 atom stereocenters. The molecule has 0 aliphatic heterocycles. The molecular weight excluding hydrogens is 226 g/mol. The van der Waals surface area contributed by atoms with Crippen LogP contribution < -0.4 is 5.32 Å². The van der Waals surface area contributed by atoms with Crippen LogP contribution >= 0.6 is 0 Å². The Morgan fingerprint density at radius 3 is 2.39 bits per heavy atom. The van der Waals surface area contributed by atoms with Crippen LogP contribution in [0, 0.1) is 5.92 Å². The van der Waals surface area contributed by atoms with Gasteiger partial charge in [-0.05, 0) is 38.1 Å². The molecule has 0 saturated carbocycles. The molecule has 0 aromatic rings. The lowest BCUT2D eigenvalue weighted by Crippen LogP contribution is -2.31. The fraction of sp³-hybridized carbons (Fsp3) is 1.00. The number of hydrogen-bond acceptors (Lipinski definition) is 3. The minimum absolute atomic E-state index is 0.689. The smallest absolute Gasteiger partial charge is 0.0700 e. The lowest BCUT2D eigenvalue weighted by molar-refractivity contribution is 0.0687. The van der Waals surface area contributed by atoms with Gasteiger partial charge in [-0.25, -0.2) is 0 Å². The SMILES string of the molecule is CCC(C)CC(CC)NCCCCOCCOC. The molecule has 3 nitrogen and oxygen atoms in total. The fourth-order valence-electron chi connectivity index (χ4n) is 1.93. The Kier molecular flexibility index (Phi) is 13.2. The number of nitrogens with one attached hydrogen (secondary N) is 1. The molecule has 2 unspecified atom stereocenters. The van der Waals surface area contributed by atoms with Gasteiger partial charge in [-0.3, -0.25) is 0 Å². The molecule has 0 bridgehead atoms. The van der Waals surface area contributed by atoms with E-state index in [0.29, 0.717) is 12.6 Å². The highest BCUT2D eigenvalue weighted by Crippen LogP contribution is 2.11. The molecule has 1 N–H and O–H groups in total. The van der Waals surface area contributed by atoms with Crippen LogP contribution in [0.5, 0.6) is 0 Å². The fourth-order valence-corrected chi connectivity index (χ4v) is 1.93. The van der Waals surface area contributed by atoms with Gasteiger partial charge in [0.1, 0.15) is 0 Å². The quantitative estimate of drug-likeness (QED) is 0.515. The standard InChI is InChI=1S/C15H33NO2/c1-5-14(3)13-15(6-2)16-9-7-8-10-18-12-11-17-4/h14-16H,5-13H2,1-4H3. The van der Waals surface area contributed by atoms with Crippen LogP contribution in [0.25, 0.3) is 0 Å². The van der Waals surface area contributed by atoms with E-state index in [1.54, 1.807) is 7.11 Å². The topological polar surface area (TPSA) is 30.5 Å². The van der Waals surface area contributed by atoms with E-state index < -0.39 is 0 Å². The van der Waals surface area contributed by atoms with Gasteiger partial charge in [0.05, 0.1) is 13.2 Å². The normalized spacial score (nSPS) is 14.7. The average Bonchev–Trinajstić information content (AvgIpc) is 2.40. The van der Waals surface area contributed by atoms with E-state index in [9.17, 15) is 0 Å². The highest BCUT2D eigenvalue weighted by Gasteiger charge is 2.08. The van der Waals surface area contributed by atoms with Crippen molar-refractivity contribution in [1.82, 2.24) is 5.32 Å². The van der Waals surface area contributed by atoms with Crippen molar-refractivity contribution < 1.29 is 9.47 Å². The van der Waals surface area contributed by atoms with Crippen LogP contribution in [0.15, 0.2) is 0 Å². The molecule has 110 valence electrons. The predicted molar refractivity (Wildman–Crippen MR) is 78.1 cm³/mol. The van der Waals surface area contributed by atoms with Gasteiger partial charge in [-0.1, -0.05) is 27.2 Å². The van der Waals surface area contributed by atoms with Crippen molar-refractivity contribution in [2.45, 2.75) is 58.9 Å². The molecular formula is C15H33NO2. The van der Waals surface area contributed by atoms with Gasteiger partial charge in [0.2, 0.25) is 0 Å². The summed E-state index contributed by atoms with van der Waals surface area (Å²) in [6.45, 7) is 10.3. The molecule has 0 spiro atoms. The van der Waals surface area contributed by atoms with Gasteiger partial charge in [-0.15, -0.1) is 0 Å². The van der Waals surface area contributed by atoms with Gasteiger partial charge in [0.25, 0.3) is 0 Å². The molecule has 0 amide bonds. The summed E-state index contributed by atoms with van der Waals surface area (Å²) < 4.78 is 10.4. The lowest BCUT2D eigenvalue weighted by atomic mass is 9.98. The molecule has 0 rings (SSSR count). The zero-order valence-electron chi connectivity index (χ0n) is 12.8. The Morgan fingerprint density at radius 2 is 1.78 bits per heavy atom. The summed E-state index contributed by atoms with van der Waals surface area (Å²) in [5, 5.41) is 3.66. The van der Waals surface area contributed by atoms with Gasteiger partial charge in [0, 0.05) is 19.8 Å². The molecule has 0 aromatic heterocycles. The number of methoxy groups -OCH3 is 1. The van der Waals surface area contributed by atoms with Crippen LogP contribution in [-0.2, 0) is 9.47 Å². The van der Waals surface area contributed by atoms with Crippen LogP contribution in [-0.4, -0.2) is 39.5 Å². The van der Waals surface area contributed by atoms with Crippen LogP contribution in [0.3, 0.4) is 0 Å². The van der Waals surface area contributed by atoms with E-state index in [-0.39, 0.29) is 0 Å². The average molecular weight is 259 g/mol. The van der Waals surface area contributed by atoms with Crippen molar-refractivity contribution in [2.24, 2.45) is 5.92 Å². The maximum absolute atomic E-state index is 5.44. The van der Waals surface area contributed by atoms with E-state index in [0.717, 1.165) is 32.1 Å². The van der Waals surface area contributed by atoms with E-state index in [1.807, 2.05) is 0 Å². The number of rotatable bonds is 13. The first kappa shape index (κ1) is 17.9. The molecule has 18 heavy (non-hydrogen) atoms. The maximum atomic E-state index is 5.44. The molecule has 0 saturated heterocycles. The minimum Gasteiger partial charge on any atom is -0.382 e. The summed E-state index contributed by atoms with van der Waals surface area (Å²) in [7, 11) is 1.70. The van der Waals surface area contributed by atoms with E-state index in [2.05, 4.69) is 26.1 Å². The third-order valence-electron chi connectivity index (χ3n) is 3.46. The van der Waals surface area contributed by atoms with Crippen molar-refractivity contribution in [3.05, 3.63) is 0 Å². The zero-order chi connectivity index (χ0) is 13.6. The summed E-state index contributed by atoms with van der Waals surface area (Å²) in [6.07, 6.45) is 6.15. The van der Waals surface area contributed by atoms with Crippen LogP contribution in [0.2, 0.25) is 0 Å². The number of unbranched alkanes of at least 4 members (excludes halogenated alkanes) is 1. The van der Waals surface area contributed by atoms with Gasteiger partial charge in [0.15, 0.2) is 0 Å². The first-order chi connectivity index (χ1) is 8.74. The monoisotopic (exact) mass is 259 g/mol. The molecule has 0 fully saturated rings. The molecule has 0 aliphatic rings. The summed E-state index contributed by atoms with van der Waals surface area (Å²) in [5.41, 5.74) is 0. The Labute approximate surface area is 114 Å². The highest BCUT2D eigenvalue weighted by molar-refractivity contribution is 4.67. The van der Waals surface area contributed by atoms with E-state index in [4.69, 9.17) is 9.47 Å². The second-order valence-electron chi connectivity index (χ2n) is 5.12. The second kappa shape index (κ2) is 13.3. The summed E-state index contributed by atoms with van der Waals surface area (Å²) in [5.74, 6) is 0.833. The summed E-state index contributed by atoms with van der Waals surface area (Å²) in [4.78, 5) is 0. The summed E-state index contributed by atoms with van der Waals surface area (Å²) in [6, 6.07) is 0.689. The third kappa shape index (κ3) is 11.0. The van der Waals surface area contributed by atoms with Crippen molar-refractivity contribution in [3.63, 3.8) is 0 Å². The Morgan fingerprint density at radius 1 is 1.00 bits per heavy atom. The second-order valence-corrected chi connectivity index (χ2v) is 5.12. The van der Waals surface area contributed by atoms with Gasteiger partial charge < -0.3 is 14.8 Å². The first-order valence-electron chi connectivity index (χ1n) is 7.54. The van der Waals surface area contributed by atoms with Crippen LogP contribution in [0.4, 0.5) is 0 Å². The van der Waals surface area contributed by atoms with E-state index >= 15 is 0 Å². The van der Waals surface area contributed by atoms with Crippen molar-refractivity contribution in [3.8, 4) is 0 Å². The Balaban J connectivity index is 3.34. The molecule has 0 aliphatic carbocycles. The lowest BCUT2D eigenvalue weighted by Gasteiger charge is -2.20. The van der Waals surface area contributed by atoms with Gasteiger partial charge >= 0.3 is 0 Å². The van der Waals surface area contributed by atoms with Crippen LogP contribution in [0.1, 0.15) is 52.9 Å². The van der Waals surface area contributed by atoms with Crippen molar-refractivity contribution >= 4 is 0 Å². The Hall–Kier alpha value is -0.120. The van der Waals surface area contributed by atoms with E-state index in [1.165, 1.54) is 25.7 Å². The van der Waals surface area contributed by atoms with Crippen molar-refractivity contribution in [1.29, 1.82) is 0 Å². The molecule has 0 heterocycles. The number of ether oxygens (including phenoxy) is 2. The largest absolute Gasteiger partial charge is 0.382 e. The minimum atomic E-state index is 0.689. The number of hydrogen-bond donors (Lipinski definition) is 1. The highest BCUT2D eigenvalue weighted by atomic mass is 16.5. The zero-order valence-corrected chi connectivity index (χ0v) is 12.8. The first-order valence-corrected chi connectivity index (χ1v) is 7.54. The molecule has 0 aromatic carbocycles. The molecule has 3 heteroatoms. The maximum Gasteiger partial charge on any atom is 0.0700 e. The Bertz CT molecular complexity index is 165. The molecule has 0 radical (unpaired) electrons. The predicted octanol–water partition coefficient (Wildman–Crippen LogP) is 3.23. The van der Waals surface area contributed by atoms with Crippen molar-refractivity contribution in [2.75, 3.05) is 33.5 Å².